The summed E-state index contributed by atoms with van der Waals surface area (Å²) in [6.45, 7) is 5.49. The van der Waals surface area contributed by atoms with Gasteiger partial charge in [-0.05, 0) is 51.5 Å². The molecule has 0 spiro atoms. The lowest BCUT2D eigenvalue weighted by Crippen LogP contribution is -2.02. The summed E-state index contributed by atoms with van der Waals surface area (Å²) < 4.78 is 5.35. The summed E-state index contributed by atoms with van der Waals surface area (Å²) in [5.41, 5.74) is 13.7. The zero-order valence-electron chi connectivity index (χ0n) is 20.1. The third-order valence-electron chi connectivity index (χ3n) is 4.87. The van der Waals surface area contributed by atoms with E-state index in [1.54, 1.807) is 19.1 Å². The lowest BCUT2D eigenvalue weighted by Gasteiger charge is -2.08. The Bertz CT molecular complexity index is 1460. The van der Waals surface area contributed by atoms with Gasteiger partial charge in [0.25, 0.3) is 0 Å². The Morgan fingerprint density at radius 3 is 2.39 bits per heavy atom. The van der Waals surface area contributed by atoms with Crippen LogP contribution in [0, 0.1) is 6.92 Å². The van der Waals surface area contributed by atoms with Gasteiger partial charge in [-0.3, -0.25) is 4.79 Å². The zero-order valence-corrected chi connectivity index (χ0v) is 20.9. The molecule has 10 heteroatoms. The summed E-state index contributed by atoms with van der Waals surface area (Å²) in [6.07, 6.45) is 2.24. The molecule has 0 aliphatic heterocycles. The van der Waals surface area contributed by atoms with Crippen molar-refractivity contribution in [2.75, 3.05) is 11.5 Å². The first-order chi connectivity index (χ1) is 16.7. The number of nitrogen functional groups attached to an aromatic ring is 2. The number of nitrogens with two attached hydrogens (primary N) is 2. The predicted octanol–water partition coefficient (Wildman–Crippen LogP) is 6.10. The van der Waals surface area contributed by atoms with Gasteiger partial charge in [0.15, 0.2) is 11.2 Å². The third-order valence-corrected chi connectivity index (χ3v) is 4.87. The number of rotatable bonds is 4. The molecule has 2 aromatic heterocycles. The van der Waals surface area contributed by atoms with Crippen LogP contribution in [0.1, 0.15) is 25.2 Å². The van der Waals surface area contributed by atoms with Crippen molar-refractivity contribution in [2.45, 2.75) is 27.2 Å². The summed E-state index contributed by atoms with van der Waals surface area (Å²) >= 11 is 0. The first-order valence-electron chi connectivity index (χ1n) is 10.8. The number of hydrogen-bond donors (Lipinski definition) is 4. The van der Waals surface area contributed by atoms with E-state index in [1.165, 1.54) is 12.1 Å². The Labute approximate surface area is 214 Å². The van der Waals surface area contributed by atoms with Gasteiger partial charge in [-0.15, -0.1) is 17.5 Å². The Hall–Kier alpha value is -4.37. The van der Waals surface area contributed by atoms with Crippen molar-refractivity contribution in [1.29, 1.82) is 0 Å². The van der Waals surface area contributed by atoms with Crippen molar-refractivity contribution in [2.24, 2.45) is 10.2 Å². The summed E-state index contributed by atoms with van der Waals surface area (Å²) in [4.78, 5) is 15.8. The second-order valence-electron chi connectivity index (χ2n) is 7.98. The Balaban J connectivity index is 0.000000250. The summed E-state index contributed by atoms with van der Waals surface area (Å²) in [6, 6.07) is 15.4. The van der Waals surface area contributed by atoms with Crippen LogP contribution in [0.2, 0.25) is 0 Å². The monoisotopic (exact) mass is 509 g/mol. The minimum absolute atomic E-state index is 0. The number of nitrogens with zero attached hydrogens (tertiary/aromatic N) is 3. The van der Waals surface area contributed by atoms with E-state index in [4.69, 9.17) is 15.9 Å². The van der Waals surface area contributed by atoms with Crippen molar-refractivity contribution < 1.29 is 14.6 Å². The minimum atomic E-state index is -0.310. The van der Waals surface area contributed by atoms with Crippen molar-refractivity contribution in [3.05, 3.63) is 87.8 Å². The Kier molecular flexibility index (Phi) is 9.57. The second kappa shape index (κ2) is 12.4. The zero-order chi connectivity index (χ0) is 25.5. The van der Waals surface area contributed by atoms with Gasteiger partial charge in [-0.25, -0.2) is 4.98 Å². The van der Waals surface area contributed by atoms with E-state index >= 15 is 0 Å². The van der Waals surface area contributed by atoms with E-state index in [-0.39, 0.29) is 46.1 Å². The maximum atomic E-state index is 11.9. The summed E-state index contributed by atoms with van der Waals surface area (Å²) in [5.74, 6) is 0.807. The standard InChI is InChI=1S/C15H16O4.C11H11N5.ClH/c1-8(2)4-5-10-11(16)7-13-14(15(10)18)12(17)6-9(3)19-13;12-10-7-6-9(11(13)14-10)16-15-8-4-2-1-3-5-8;/h4,6-7,16,18H,5H2,1-3H3;1-7H,(H4,12,13,14);1H. The van der Waals surface area contributed by atoms with Crippen molar-refractivity contribution in [1.82, 2.24) is 4.98 Å². The van der Waals surface area contributed by atoms with Crippen molar-refractivity contribution >= 4 is 46.4 Å². The number of hydrogen-bond acceptors (Lipinski definition) is 9. The molecule has 0 bridgehead atoms. The van der Waals surface area contributed by atoms with E-state index in [0.29, 0.717) is 29.2 Å². The van der Waals surface area contributed by atoms with Crippen LogP contribution in [0.4, 0.5) is 23.0 Å². The fraction of sp³-hybridized carbons (Fsp3) is 0.154. The number of aryl methyl sites for hydroxylation is 1. The van der Waals surface area contributed by atoms with E-state index in [2.05, 4.69) is 15.2 Å². The van der Waals surface area contributed by atoms with E-state index in [0.717, 1.165) is 11.3 Å². The predicted molar refractivity (Wildman–Crippen MR) is 145 cm³/mol. The quantitative estimate of drug-likeness (QED) is 0.191. The molecule has 0 aliphatic rings. The number of azo groups is 1. The molecule has 0 fully saturated rings. The Morgan fingerprint density at radius 2 is 1.75 bits per heavy atom. The SMILES string of the molecule is CC(C)=CCc1c(O)cc2oc(C)cc(=O)c2c1O.Cl.Nc1ccc(N=Nc2ccccc2)c(N)n1. The van der Waals surface area contributed by atoms with Crippen LogP contribution in [0.15, 0.2) is 85.7 Å². The molecule has 0 radical (unpaired) electrons. The first-order valence-corrected chi connectivity index (χ1v) is 10.8. The number of aromatic nitrogens is 1. The fourth-order valence-electron chi connectivity index (χ4n) is 3.13. The molecule has 0 saturated carbocycles. The highest BCUT2D eigenvalue weighted by atomic mass is 35.5. The lowest BCUT2D eigenvalue weighted by molar-refractivity contribution is 0.442. The molecule has 4 rings (SSSR count). The number of halogens is 1. The molecule has 0 unspecified atom stereocenters. The van der Waals surface area contributed by atoms with Gasteiger partial charge in [0.05, 0.1) is 5.69 Å². The summed E-state index contributed by atoms with van der Waals surface area (Å²) in [7, 11) is 0. The van der Waals surface area contributed by atoms with Gasteiger partial charge in [0.1, 0.15) is 39.7 Å². The molecule has 0 saturated heterocycles. The molecule has 6 N–H and O–H groups in total. The van der Waals surface area contributed by atoms with Gasteiger partial charge in [0.2, 0.25) is 0 Å². The topological polar surface area (TPSA) is 160 Å². The number of phenolic OH excluding ortho intramolecular Hbond substituents is 2. The highest BCUT2D eigenvalue weighted by Crippen LogP contribution is 2.34. The van der Waals surface area contributed by atoms with Gasteiger partial charge in [-0.2, -0.15) is 5.11 Å². The fourth-order valence-corrected chi connectivity index (χ4v) is 3.13. The molecule has 2 aromatic carbocycles. The van der Waals surface area contributed by atoms with Crippen molar-refractivity contribution in [3.8, 4) is 11.5 Å². The van der Waals surface area contributed by atoms with Crippen molar-refractivity contribution in [3.63, 3.8) is 0 Å². The van der Waals surface area contributed by atoms with Crippen LogP contribution in [0.3, 0.4) is 0 Å². The normalized spacial score (nSPS) is 10.4. The summed E-state index contributed by atoms with van der Waals surface area (Å²) in [5, 5.41) is 28.2. The largest absolute Gasteiger partial charge is 0.507 e. The number of phenols is 2. The Morgan fingerprint density at radius 1 is 1.06 bits per heavy atom. The molecule has 0 amide bonds. The molecule has 0 aliphatic carbocycles. The molecule has 4 aromatic rings. The van der Waals surface area contributed by atoms with E-state index in [1.807, 2.05) is 50.3 Å². The lowest BCUT2D eigenvalue weighted by atomic mass is 10.0. The molecular weight excluding hydrogens is 482 g/mol. The maximum Gasteiger partial charge on any atom is 0.196 e. The van der Waals surface area contributed by atoms with Crippen LogP contribution >= 0.6 is 12.4 Å². The van der Waals surface area contributed by atoms with Crippen LogP contribution in [-0.2, 0) is 6.42 Å². The second-order valence-corrected chi connectivity index (χ2v) is 7.98. The van der Waals surface area contributed by atoms with Crippen LogP contribution in [0.5, 0.6) is 11.5 Å². The highest BCUT2D eigenvalue weighted by molar-refractivity contribution is 5.86. The van der Waals surface area contributed by atoms with E-state index in [9.17, 15) is 15.0 Å². The number of pyridine rings is 1. The number of allylic oxidation sites excluding steroid dienone is 2. The molecule has 9 nitrogen and oxygen atoms in total. The molecule has 36 heavy (non-hydrogen) atoms. The van der Waals surface area contributed by atoms with E-state index < -0.39 is 0 Å². The molecular formula is C26H28ClN5O4. The number of anilines is 2. The number of fused-ring (bicyclic) bond motifs is 1. The van der Waals surface area contributed by atoms with Gasteiger partial charge >= 0.3 is 0 Å². The highest BCUT2D eigenvalue weighted by Gasteiger charge is 2.16. The van der Waals surface area contributed by atoms with Crippen LogP contribution in [-0.4, -0.2) is 15.2 Å². The van der Waals surface area contributed by atoms with Gasteiger partial charge in [-0.1, -0.05) is 29.8 Å². The van der Waals surface area contributed by atoms with Crippen LogP contribution < -0.4 is 16.9 Å². The molecule has 0 atom stereocenters. The smallest absolute Gasteiger partial charge is 0.196 e. The van der Waals surface area contributed by atoms with Gasteiger partial charge in [0, 0.05) is 17.7 Å². The average Bonchev–Trinajstić information content (AvgIpc) is 2.78. The minimum Gasteiger partial charge on any atom is -0.507 e. The first kappa shape index (κ1) is 27.9. The number of benzene rings is 2. The molecule has 2 heterocycles. The maximum absolute atomic E-state index is 11.9. The number of aromatic hydroxyl groups is 2. The third kappa shape index (κ3) is 7.07. The van der Waals surface area contributed by atoms with Gasteiger partial charge < -0.3 is 26.1 Å². The van der Waals surface area contributed by atoms with Crippen LogP contribution in [0.25, 0.3) is 11.0 Å². The molecule has 188 valence electrons. The average molecular weight is 510 g/mol.